The van der Waals surface area contributed by atoms with E-state index >= 15 is 0 Å². The Labute approximate surface area is 136 Å². The van der Waals surface area contributed by atoms with Crippen LogP contribution in [0.1, 0.15) is 11.1 Å². The number of aliphatic hydroxyl groups is 1. The lowest BCUT2D eigenvalue weighted by Gasteiger charge is -2.23. The highest BCUT2D eigenvalue weighted by atomic mass is 16.4. The fraction of sp³-hybridized carbons (Fsp3) is 0.278. The van der Waals surface area contributed by atoms with Gasteiger partial charge >= 0.3 is 6.09 Å². The zero-order chi connectivity index (χ0) is 16.5. The Hall–Kier alpha value is -2.37. The van der Waals surface area contributed by atoms with Crippen LogP contribution in [-0.2, 0) is 13.0 Å². The van der Waals surface area contributed by atoms with E-state index in [-0.39, 0.29) is 0 Å². The maximum Gasteiger partial charge on any atom is 0.404 e. The van der Waals surface area contributed by atoms with Gasteiger partial charge in [-0.15, -0.1) is 0 Å². The van der Waals surface area contributed by atoms with Crippen LogP contribution >= 0.6 is 0 Å². The first-order valence-corrected chi connectivity index (χ1v) is 7.61. The number of rotatable bonds is 8. The number of carbonyl (C=O) groups is 1. The molecule has 4 N–H and O–H groups in total. The molecule has 122 valence electrons. The summed E-state index contributed by atoms with van der Waals surface area (Å²) in [4.78, 5) is 11.0. The topological polar surface area (TPSA) is 81.6 Å². The Kier molecular flexibility index (Phi) is 6.59. The van der Waals surface area contributed by atoms with Crippen LogP contribution in [0.2, 0.25) is 0 Å². The Morgan fingerprint density at radius 1 is 0.957 bits per heavy atom. The van der Waals surface area contributed by atoms with Crippen LogP contribution in [0.15, 0.2) is 60.7 Å². The zero-order valence-electron chi connectivity index (χ0n) is 12.9. The maximum absolute atomic E-state index is 11.0. The van der Waals surface area contributed by atoms with E-state index in [1.807, 2.05) is 60.7 Å². The van der Waals surface area contributed by atoms with Crippen LogP contribution < -0.4 is 10.6 Å². The Morgan fingerprint density at radius 3 is 2.09 bits per heavy atom. The van der Waals surface area contributed by atoms with Crippen molar-refractivity contribution in [3.05, 3.63) is 71.8 Å². The van der Waals surface area contributed by atoms with Crippen molar-refractivity contribution in [1.82, 2.24) is 10.6 Å². The van der Waals surface area contributed by atoms with E-state index in [2.05, 4.69) is 10.6 Å². The Morgan fingerprint density at radius 2 is 1.52 bits per heavy atom. The predicted molar refractivity (Wildman–Crippen MR) is 89.3 cm³/mol. The first-order chi connectivity index (χ1) is 11.1. The van der Waals surface area contributed by atoms with Gasteiger partial charge in [-0.3, -0.25) is 0 Å². The van der Waals surface area contributed by atoms with Crippen LogP contribution in [0.25, 0.3) is 0 Å². The summed E-state index contributed by atoms with van der Waals surface area (Å²) in [6, 6.07) is 18.8. The number of hydrogen-bond donors (Lipinski definition) is 4. The minimum absolute atomic E-state index is 0.312. The second kappa shape index (κ2) is 8.92. The van der Waals surface area contributed by atoms with Crippen molar-refractivity contribution in [3.63, 3.8) is 0 Å². The molecule has 0 spiro atoms. The van der Waals surface area contributed by atoms with E-state index in [4.69, 9.17) is 5.11 Å². The van der Waals surface area contributed by atoms with Gasteiger partial charge in [-0.25, -0.2) is 4.79 Å². The maximum atomic E-state index is 11.0. The zero-order valence-corrected chi connectivity index (χ0v) is 12.9. The van der Waals surface area contributed by atoms with E-state index in [0.717, 1.165) is 11.1 Å². The number of carboxylic acid groups (broad SMARTS) is 1. The fourth-order valence-electron chi connectivity index (χ4n) is 2.41. The van der Waals surface area contributed by atoms with Gasteiger partial charge in [-0.05, 0) is 17.5 Å². The summed E-state index contributed by atoms with van der Waals surface area (Å²) in [5.74, 6) is 0. The molecule has 23 heavy (non-hydrogen) atoms. The molecule has 2 atom stereocenters. The third kappa shape index (κ3) is 6.10. The van der Waals surface area contributed by atoms with E-state index in [0.29, 0.717) is 19.5 Å². The predicted octanol–water partition coefficient (Wildman–Crippen LogP) is 2.02. The number of nitrogens with one attached hydrogen (secondary N) is 2. The summed E-state index contributed by atoms with van der Waals surface area (Å²) in [5.41, 5.74) is 2.10. The van der Waals surface area contributed by atoms with Crippen LogP contribution in [0, 0.1) is 0 Å². The van der Waals surface area contributed by atoms with Crippen LogP contribution in [0.3, 0.4) is 0 Å². The third-order valence-corrected chi connectivity index (χ3v) is 3.60. The number of benzene rings is 2. The lowest BCUT2D eigenvalue weighted by Crippen LogP contribution is -2.48. The molecule has 0 aliphatic heterocycles. The number of amides is 1. The molecule has 0 aliphatic rings. The number of hydrogen-bond acceptors (Lipinski definition) is 3. The minimum atomic E-state index is -1.13. The first-order valence-electron chi connectivity index (χ1n) is 7.61. The van der Waals surface area contributed by atoms with Crippen LogP contribution in [-0.4, -0.2) is 35.0 Å². The van der Waals surface area contributed by atoms with Crippen LogP contribution in [0.4, 0.5) is 4.79 Å². The number of aliphatic hydroxyl groups excluding tert-OH is 1. The monoisotopic (exact) mass is 314 g/mol. The van der Waals surface area contributed by atoms with Crippen molar-refractivity contribution >= 4 is 6.09 Å². The van der Waals surface area contributed by atoms with Gasteiger partial charge in [0.2, 0.25) is 0 Å². The molecular formula is C18H22N2O3. The molecular weight excluding hydrogens is 292 g/mol. The van der Waals surface area contributed by atoms with Gasteiger partial charge in [0.25, 0.3) is 0 Å². The average Bonchev–Trinajstić information content (AvgIpc) is 2.56. The van der Waals surface area contributed by atoms with E-state index < -0.39 is 18.2 Å². The molecule has 0 aliphatic carbocycles. The fourth-order valence-corrected chi connectivity index (χ4v) is 2.41. The highest BCUT2D eigenvalue weighted by Gasteiger charge is 2.21. The molecule has 0 fully saturated rings. The standard InChI is InChI=1S/C18H22N2O3/c21-17(13-19-12-15-9-5-2-6-10-15)16(20-18(22)23)11-14-7-3-1-4-8-14/h1-10,16-17,19-21H,11-13H2,(H,22,23)/t16-,17+/m0/s1. The molecule has 0 bridgehead atoms. The van der Waals surface area contributed by atoms with Gasteiger partial charge < -0.3 is 20.8 Å². The summed E-state index contributed by atoms with van der Waals surface area (Å²) >= 11 is 0. The molecule has 5 nitrogen and oxygen atoms in total. The van der Waals surface area contributed by atoms with Gasteiger partial charge in [-0.2, -0.15) is 0 Å². The van der Waals surface area contributed by atoms with Gasteiger partial charge in [0.1, 0.15) is 0 Å². The van der Waals surface area contributed by atoms with E-state index in [1.54, 1.807) is 0 Å². The lowest BCUT2D eigenvalue weighted by atomic mass is 10.0. The molecule has 2 rings (SSSR count). The summed E-state index contributed by atoms with van der Waals surface area (Å²) in [6.07, 6.45) is -1.50. The van der Waals surface area contributed by atoms with Crippen molar-refractivity contribution in [1.29, 1.82) is 0 Å². The summed E-state index contributed by atoms with van der Waals surface area (Å²) in [5, 5.41) is 24.8. The van der Waals surface area contributed by atoms with E-state index in [9.17, 15) is 9.90 Å². The Balaban J connectivity index is 1.88. The lowest BCUT2D eigenvalue weighted by molar-refractivity contribution is 0.117. The van der Waals surface area contributed by atoms with Crippen molar-refractivity contribution in [2.45, 2.75) is 25.1 Å². The molecule has 0 unspecified atom stereocenters. The second-order valence-corrected chi connectivity index (χ2v) is 5.43. The van der Waals surface area contributed by atoms with Gasteiger partial charge in [-0.1, -0.05) is 60.7 Å². The van der Waals surface area contributed by atoms with Crippen LogP contribution in [0.5, 0.6) is 0 Å². The largest absolute Gasteiger partial charge is 0.465 e. The second-order valence-electron chi connectivity index (χ2n) is 5.43. The van der Waals surface area contributed by atoms with E-state index in [1.165, 1.54) is 0 Å². The molecule has 0 saturated heterocycles. The highest BCUT2D eigenvalue weighted by Crippen LogP contribution is 2.07. The van der Waals surface area contributed by atoms with Crippen molar-refractivity contribution < 1.29 is 15.0 Å². The molecule has 5 heteroatoms. The van der Waals surface area contributed by atoms with Crippen molar-refractivity contribution in [3.8, 4) is 0 Å². The summed E-state index contributed by atoms with van der Waals surface area (Å²) < 4.78 is 0. The van der Waals surface area contributed by atoms with Gasteiger partial charge in [0.05, 0.1) is 12.1 Å². The molecule has 2 aromatic rings. The molecule has 0 saturated carbocycles. The minimum Gasteiger partial charge on any atom is -0.465 e. The smallest absolute Gasteiger partial charge is 0.404 e. The highest BCUT2D eigenvalue weighted by molar-refractivity contribution is 5.65. The SMILES string of the molecule is O=C(O)N[C@@H](Cc1ccccc1)[C@H](O)CNCc1ccccc1. The van der Waals surface area contributed by atoms with Crippen molar-refractivity contribution in [2.24, 2.45) is 0 Å². The summed E-state index contributed by atoms with van der Waals surface area (Å²) in [6.45, 7) is 0.940. The van der Waals surface area contributed by atoms with Crippen molar-refractivity contribution in [2.75, 3.05) is 6.54 Å². The summed E-state index contributed by atoms with van der Waals surface area (Å²) in [7, 11) is 0. The molecule has 2 aromatic carbocycles. The first kappa shape index (κ1) is 17.0. The molecule has 0 radical (unpaired) electrons. The molecule has 0 heterocycles. The molecule has 1 amide bonds. The quantitative estimate of drug-likeness (QED) is 0.601. The van der Waals surface area contributed by atoms with Gasteiger partial charge in [0, 0.05) is 13.1 Å². The molecule has 0 aromatic heterocycles. The normalized spacial score (nSPS) is 13.3. The average molecular weight is 314 g/mol. The third-order valence-electron chi connectivity index (χ3n) is 3.60. The van der Waals surface area contributed by atoms with Gasteiger partial charge in [0.15, 0.2) is 0 Å². The Bertz CT molecular complexity index is 590.